The number of amides is 2. The molecule has 1 saturated heterocycles. The van der Waals surface area contributed by atoms with Crippen LogP contribution in [-0.2, 0) is 6.54 Å². The monoisotopic (exact) mass is 223 g/mol. The normalized spacial score (nSPS) is 17.4. The van der Waals surface area contributed by atoms with Gasteiger partial charge in [0.25, 0.3) is 0 Å². The predicted molar refractivity (Wildman–Crippen MR) is 58.7 cm³/mol. The van der Waals surface area contributed by atoms with Gasteiger partial charge < -0.3 is 14.7 Å². The molecule has 1 N–H and O–H groups in total. The van der Waals surface area contributed by atoms with Crippen molar-refractivity contribution >= 4 is 6.03 Å². The lowest BCUT2D eigenvalue weighted by Crippen LogP contribution is -2.43. The number of nitrogens with one attached hydrogen (secondary N) is 1. The number of piperidine rings is 1. The van der Waals surface area contributed by atoms with Gasteiger partial charge in [0, 0.05) is 19.2 Å². The minimum Gasteiger partial charge on any atom is -0.360 e. The largest absolute Gasteiger partial charge is 0.360 e. The zero-order chi connectivity index (χ0) is 11.4. The topological polar surface area (TPSA) is 58.4 Å². The molecular formula is C11H17N3O2. The van der Waals surface area contributed by atoms with E-state index in [-0.39, 0.29) is 6.03 Å². The van der Waals surface area contributed by atoms with Crippen LogP contribution < -0.4 is 5.32 Å². The van der Waals surface area contributed by atoms with Crippen LogP contribution in [0.4, 0.5) is 4.79 Å². The Morgan fingerprint density at radius 2 is 2.38 bits per heavy atom. The molecule has 2 amide bonds. The van der Waals surface area contributed by atoms with E-state index < -0.39 is 0 Å². The van der Waals surface area contributed by atoms with Crippen LogP contribution in [0, 0.1) is 5.92 Å². The molecule has 0 saturated carbocycles. The van der Waals surface area contributed by atoms with Crippen LogP contribution in [0.5, 0.6) is 0 Å². The summed E-state index contributed by atoms with van der Waals surface area (Å²) in [4.78, 5) is 13.6. The van der Waals surface area contributed by atoms with Crippen molar-refractivity contribution in [2.75, 3.05) is 13.1 Å². The first-order chi connectivity index (χ1) is 7.75. The predicted octanol–water partition coefficient (Wildman–Crippen LogP) is 1.62. The average molecular weight is 223 g/mol. The Balaban J connectivity index is 1.75. The van der Waals surface area contributed by atoms with Crippen molar-refractivity contribution in [3.05, 3.63) is 18.0 Å². The molecule has 0 unspecified atom stereocenters. The molecule has 0 aromatic carbocycles. The van der Waals surface area contributed by atoms with Crippen molar-refractivity contribution in [2.24, 2.45) is 5.92 Å². The Bertz CT molecular complexity index is 329. The van der Waals surface area contributed by atoms with Crippen LogP contribution >= 0.6 is 0 Å². The maximum absolute atomic E-state index is 11.8. The molecule has 0 aliphatic carbocycles. The van der Waals surface area contributed by atoms with Crippen molar-refractivity contribution in [3.8, 4) is 0 Å². The highest BCUT2D eigenvalue weighted by Crippen LogP contribution is 2.15. The van der Waals surface area contributed by atoms with Crippen LogP contribution in [0.15, 0.2) is 16.8 Å². The standard InChI is InChI=1S/C11H17N3O2/c1-9-3-6-14(7-4-9)11(15)12-8-10-2-5-13-16-10/h2,5,9H,3-4,6-8H2,1H3,(H,12,15). The molecule has 5 nitrogen and oxygen atoms in total. The van der Waals surface area contributed by atoms with E-state index in [1.807, 2.05) is 4.90 Å². The molecule has 5 heteroatoms. The van der Waals surface area contributed by atoms with E-state index in [1.54, 1.807) is 12.3 Å². The van der Waals surface area contributed by atoms with Gasteiger partial charge in [0.05, 0.1) is 12.7 Å². The fourth-order valence-corrected chi connectivity index (χ4v) is 1.82. The molecule has 1 fully saturated rings. The van der Waals surface area contributed by atoms with E-state index in [1.165, 1.54) is 0 Å². The second-order valence-corrected chi connectivity index (χ2v) is 4.31. The molecule has 1 aromatic heterocycles. The molecular weight excluding hydrogens is 206 g/mol. The van der Waals surface area contributed by atoms with Crippen molar-refractivity contribution < 1.29 is 9.32 Å². The Morgan fingerprint density at radius 1 is 1.62 bits per heavy atom. The third kappa shape index (κ3) is 2.74. The highest BCUT2D eigenvalue weighted by atomic mass is 16.5. The summed E-state index contributed by atoms with van der Waals surface area (Å²) in [7, 11) is 0. The Hall–Kier alpha value is -1.52. The number of urea groups is 1. The van der Waals surface area contributed by atoms with Crippen LogP contribution in [0.3, 0.4) is 0 Å². The summed E-state index contributed by atoms with van der Waals surface area (Å²) < 4.78 is 4.91. The van der Waals surface area contributed by atoms with Gasteiger partial charge in [0.1, 0.15) is 0 Å². The molecule has 2 heterocycles. The van der Waals surface area contributed by atoms with Crippen molar-refractivity contribution in [1.29, 1.82) is 0 Å². The summed E-state index contributed by atoms with van der Waals surface area (Å²) in [6.45, 7) is 4.33. The summed E-state index contributed by atoms with van der Waals surface area (Å²) in [5.74, 6) is 1.41. The SMILES string of the molecule is CC1CCN(C(=O)NCc2ccno2)CC1. The van der Waals surface area contributed by atoms with Crippen molar-refractivity contribution in [3.63, 3.8) is 0 Å². The summed E-state index contributed by atoms with van der Waals surface area (Å²) in [5.41, 5.74) is 0. The first-order valence-corrected chi connectivity index (χ1v) is 5.68. The third-order valence-corrected chi connectivity index (χ3v) is 2.98. The lowest BCUT2D eigenvalue weighted by atomic mass is 10.00. The van der Waals surface area contributed by atoms with Crippen LogP contribution in [0.2, 0.25) is 0 Å². The summed E-state index contributed by atoms with van der Waals surface area (Å²) >= 11 is 0. The fraction of sp³-hybridized carbons (Fsp3) is 0.636. The van der Waals surface area contributed by atoms with Gasteiger partial charge in [-0.2, -0.15) is 0 Å². The molecule has 2 rings (SSSR count). The van der Waals surface area contributed by atoms with Gasteiger partial charge >= 0.3 is 6.03 Å². The molecule has 0 bridgehead atoms. The maximum atomic E-state index is 11.8. The minimum atomic E-state index is -0.0108. The Morgan fingerprint density at radius 3 is 3.00 bits per heavy atom. The fourth-order valence-electron chi connectivity index (χ4n) is 1.82. The minimum absolute atomic E-state index is 0.0108. The molecule has 1 aliphatic heterocycles. The van der Waals surface area contributed by atoms with E-state index >= 15 is 0 Å². The highest BCUT2D eigenvalue weighted by molar-refractivity contribution is 5.74. The molecule has 88 valence electrons. The second-order valence-electron chi connectivity index (χ2n) is 4.31. The van der Waals surface area contributed by atoms with Gasteiger partial charge in [0.15, 0.2) is 5.76 Å². The van der Waals surface area contributed by atoms with Crippen LogP contribution in [0.1, 0.15) is 25.5 Å². The van der Waals surface area contributed by atoms with Gasteiger partial charge in [-0.3, -0.25) is 0 Å². The van der Waals surface area contributed by atoms with E-state index in [0.717, 1.165) is 31.8 Å². The summed E-state index contributed by atoms with van der Waals surface area (Å²) in [5, 5.41) is 6.41. The maximum Gasteiger partial charge on any atom is 0.317 e. The van der Waals surface area contributed by atoms with Gasteiger partial charge in [-0.25, -0.2) is 4.79 Å². The van der Waals surface area contributed by atoms with Crippen molar-refractivity contribution in [2.45, 2.75) is 26.3 Å². The van der Waals surface area contributed by atoms with E-state index in [0.29, 0.717) is 12.3 Å². The third-order valence-electron chi connectivity index (χ3n) is 2.98. The number of rotatable bonds is 2. The number of likely N-dealkylation sites (tertiary alicyclic amines) is 1. The molecule has 1 aromatic rings. The lowest BCUT2D eigenvalue weighted by molar-refractivity contribution is 0.172. The summed E-state index contributed by atoms with van der Waals surface area (Å²) in [6.07, 6.45) is 3.76. The second kappa shape index (κ2) is 5.01. The molecule has 1 aliphatic rings. The number of hydrogen-bond acceptors (Lipinski definition) is 3. The number of hydrogen-bond donors (Lipinski definition) is 1. The van der Waals surface area contributed by atoms with Crippen LogP contribution in [0.25, 0.3) is 0 Å². The highest BCUT2D eigenvalue weighted by Gasteiger charge is 2.19. The lowest BCUT2D eigenvalue weighted by Gasteiger charge is -2.30. The Labute approximate surface area is 94.8 Å². The number of carbonyl (C=O) groups excluding carboxylic acids is 1. The van der Waals surface area contributed by atoms with Gasteiger partial charge in [-0.15, -0.1) is 0 Å². The molecule has 0 spiro atoms. The zero-order valence-electron chi connectivity index (χ0n) is 9.48. The number of nitrogens with zero attached hydrogens (tertiary/aromatic N) is 2. The molecule has 0 radical (unpaired) electrons. The van der Waals surface area contributed by atoms with Gasteiger partial charge in [0.2, 0.25) is 0 Å². The van der Waals surface area contributed by atoms with Gasteiger partial charge in [-0.1, -0.05) is 12.1 Å². The summed E-state index contributed by atoms with van der Waals surface area (Å²) in [6, 6.07) is 1.74. The van der Waals surface area contributed by atoms with E-state index in [9.17, 15) is 4.79 Å². The average Bonchev–Trinajstić information content (AvgIpc) is 2.80. The van der Waals surface area contributed by atoms with Crippen LogP contribution in [-0.4, -0.2) is 29.2 Å². The molecule has 16 heavy (non-hydrogen) atoms. The van der Waals surface area contributed by atoms with E-state index in [4.69, 9.17) is 4.52 Å². The Kier molecular flexibility index (Phi) is 3.44. The zero-order valence-corrected chi connectivity index (χ0v) is 9.48. The molecule has 0 atom stereocenters. The first kappa shape index (κ1) is 11.0. The quantitative estimate of drug-likeness (QED) is 0.828. The first-order valence-electron chi connectivity index (χ1n) is 5.68. The number of aromatic nitrogens is 1. The van der Waals surface area contributed by atoms with Gasteiger partial charge in [-0.05, 0) is 18.8 Å². The van der Waals surface area contributed by atoms with E-state index in [2.05, 4.69) is 17.4 Å². The van der Waals surface area contributed by atoms with Crippen molar-refractivity contribution in [1.82, 2.24) is 15.4 Å². The number of carbonyl (C=O) groups is 1. The smallest absolute Gasteiger partial charge is 0.317 e.